The average Bonchev–Trinajstić information content (AvgIpc) is 3.21. The Kier molecular flexibility index (Phi) is 6.41. The minimum atomic E-state index is -0.0868. The van der Waals surface area contributed by atoms with E-state index in [1.807, 2.05) is 29.2 Å². The molecule has 0 radical (unpaired) electrons. The van der Waals surface area contributed by atoms with Crippen LogP contribution in [0.4, 0.5) is 0 Å². The van der Waals surface area contributed by atoms with Crippen molar-refractivity contribution < 1.29 is 14.3 Å². The lowest BCUT2D eigenvalue weighted by Crippen LogP contribution is -2.50. The van der Waals surface area contributed by atoms with Crippen molar-refractivity contribution in [3.8, 4) is 5.75 Å². The highest BCUT2D eigenvalue weighted by Crippen LogP contribution is 2.15. The Morgan fingerprint density at radius 2 is 1.81 bits per heavy atom. The molecule has 2 heterocycles. The van der Waals surface area contributed by atoms with E-state index in [9.17, 15) is 9.59 Å². The molecule has 2 amide bonds. The van der Waals surface area contributed by atoms with Crippen LogP contribution in [-0.2, 0) is 17.8 Å². The Labute approximate surface area is 162 Å². The molecule has 8 heteroatoms. The number of carbonyl (C=O) groups excluding carboxylic acids is 2. The lowest BCUT2D eigenvalue weighted by molar-refractivity contribution is -0.132. The lowest BCUT2D eigenvalue weighted by Gasteiger charge is -2.34. The first-order valence-corrected chi connectivity index (χ1v) is 9.83. The van der Waals surface area contributed by atoms with Crippen LogP contribution in [0.3, 0.4) is 0 Å². The highest BCUT2D eigenvalue weighted by Gasteiger charge is 2.25. The Morgan fingerprint density at radius 3 is 2.41 bits per heavy atom. The minimum Gasteiger partial charge on any atom is -0.497 e. The number of carbonyl (C=O) groups is 2. The zero-order chi connectivity index (χ0) is 19.2. The van der Waals surface area contributed by atoms with Crippen LogP contribution >= 0.6 is 11.3 Å². The number of ether oxygens (including phenoxy) is 1. The number of methoxy groups -OCH3 is 1. The fraction of sp³-hybridized carbons (Fsp3) is 0.421. The van der Waals surface area contributed by atoms with Crippen molar-refractivity contribution in [1.29, 1.82) is 0 Å². The van der Waals surface area contributed by atoms with Gasteiger partial charge in [-0.1, -0.05) is 12.1 Å². The minimum absolute atomic E-state index is 0.0868. The Balaban J connectivity index is 1.46. The first-order chi connectivity index (χ1) is 13.1. The van der Waals surface area contributed by atoms with E-state index in [0.717, 1.165) is 16.3 Å². The number of amides is 2. The summed E-state index contributed by atoms with van der Waals surface area (Å²) in [5.74, 6) is 0.845. The zero-order valence-corrected chi connectivity index (χ0v) is 16.2. The van der Waals surface area contributed by atoms with Gasteiger partial charge in [0.05, 0.1) is 7.11 Å². The molecule has 1 aromatic carbocycles. The van der Waals surface area contributed by atoms with E-state index < -0.39 is 0 Å². The summed E-state index contributed by atoms with van der Waals surface area (Å²) >= 11 is 1.40. The molecule has 1 saturated heterocycles. The molecule has 0 aliphatic carbocycles. The van der Waals surface area contributed by atoms with E-state index in [1.165, 1.54) is 11.3 Å². The first kappa shape index (κ1) is 19.3. The van der Waals surface area contributed by atoms with Crippen molar-refractivity contribution in [2.75, 3.05) is 33.3 Å². The number of rotatable bonds is 6. The monoisotopic (exact) mass is 388 g/mol. The largest absolute Gasteiger partial charge is 0.497 e. The van der Waals surface area contributed by atoms with Crippen molar-refractivity contribution >= 4 is 23.2 Å². The SMILES string of the molecule is COc1ccc(CCC(=O)N2CCN(C(=O)c3csc(CN)n3)CC2)cc1. The van der Waals surface area contributed by atoms with Gasteiger partial charge in [-0.2, -0.15) is 0 Å². The number of nitrogens with zero attached hydrogens (tertiary/aromatic N) is 3. The topological polar surface area (TPSA) is 88.8 Å². The van der Waals surface area contributed by atoms with E-state index in [2.05, 4.69) is 4.98 Å². The number of nitrogens with two attached hydrogens (primary N) is 1. The summed E-state index contributed by atoms with van der Waals surface area (Å²) in [4.78, 5) is 32.8. The molecule has 1 aliphatic rings. The highest BCUT2D eigenvalue weighted by molar-refractivity contribution is 7.09. The smallest absolute Gasteiger partial charge is 0.273 e. The zero-order valence-electron chi connectivity index (χ0n) is 15.4. The van der Waals surface area contributed by atoms with Gasteiger partial charge in [0.2, 0.25) is 5.91 Å². The van der Waals surface area contributed by atoms with Gasteiger partial charge in [0.1, 0.15) is 16.5 Å². The number of aryl methyl sites for hydroxylation is 1. The van der Waals surface area contributed by atoms with Crippen molar-refractivity contribution in [1.82, 2.24) is 14.8 Å². The second-order valence-corrected chi connectivity index (χ2v) is 7.29. The van der Waals surface area contributed by atoms with Crippen molar-refractivity contribution in [2.24, 2.45) is 5.73 Å². The van der Waals surface area contributed by atoms with E-state index in [4.69, 9.17) is 10.5 Å². The number of hydrogen-bond acceptors (Lipinski definition) is 6. The molecule has 0 spiro atoms. The molecule has 1 fully saturated rings. The molecule has 144 valence electrons. The number of thiazole rings is 1. The lowest BCUT2D eigenvalue weighted by atomic mass is 10.1. The molecule has 27 heavy (non-hydrogen) atoms. The van der Waals surface area contributed by atoms with E-state index in [1.54, 1.807) is 17.4 Å². The predicted octanol–water partition coefficient (Wildman–Crippen LogP) is 1.53. The third-order valence-corrected chi connectivity index (χ3v) is 5.52. The van der Waals surface area contributed by atoms with Gasteiger partial charge in [0.25, 0.3) is 5.91 Å². The fourth-order valence-corrected chi connectivity index (χ4v) is 3.67. The molecular weight excluding hydrogens is 364 g/mol. The van der Waals surface area contributed by atoms with Crippen molar-refractivity contribution in [3.05, 3.63) is 45.9 Å². The van der Waals surface area contributed by atoms with Crippen LogP contribution in [-0.4, -0.2) is 59.9 Å². The molecule has 7 nitrogen and oxygen atoms in total. The molecule has 1 aromatic heterocycles. The Hall–Kier alpha value is -2.45. The number of piperazine rings is 1. The molecule has 0 bridgehead atoms. The van der Waals surface area contributed by atoms with Gasteiger partial charge < -0.3 is 20.3 Å². The van der Waals surface area contributed by atoms with Gasteiger partial charge >= 0.3 is 0 Å². The highest BCUT2D eigenvalue weighted by atomic mass is 32.1. The molecule has 2 aromatic rings. The van der Waals surface area contributed by atoms with Crippen LogP contribution < -0.4 is 10.5 Å². The van der Waals surface area contributed by atoms with Crippen LogP contribution in [0, 0.1) is 0 Å². The van der Waals surface area contributed by atoms with Gasteiger partial charge in [-0.15, -0.1) is 11.3 Å². The van der Waals surface area contributed by atoms with Crippen molar-refractivity contribution in [2.45, 2.75) is 19.4 Å². The number of benzene rings is 1. The maximum Gasteiger partial charge on any atom is 0.273 e. The summed E-state index contributed by atoms with van der Waals surface area (Å²) in [5, 5.41) is 2.50. The summed E-state index contributed by atoms with van der Waals surface area (Å²) in [6.45, 7) is 2.52. The summed E-state index contributed by atoms with van der Waals surface area (Å²) in [7, 11) is 1.63. The molecular formula is C19H24N4O3S. The van der Waals surface area contributed by atoms with Crippen molar-refractivity contribution in [3.63, 3.8) is 0 Å². The van der Waals surface area contributed by atoms with E-state index >= 15 is 0 Å². The predicted molar refractivity (Wildman–Crippen MR) is 104 cm³/mol. The standard InChI is InChI=1S/C19H24N4O3S/c1-26-15-5-2-14(3-6-15)4-7-18(24)22-8-10-23(11-9-22)19(25)16-13-27-17(12-20)21-16/h2-3,5-6,13H,4,7-12,20H2,1H3. The van der Waals surface area contributed by atoms with Gasteiger partial charge in [0.15, 0.2) is 0 Å². The van der Waals surface area contributed by atoms with Gasteiger partial charge in [-0.3, -0.25) is 9.59 Å². The summed E-state index contributed by atoms with van der Waals surface area (Å²) < 4.78 is 5.14. The molecule has 0 unspecified atom stereocenters. The molecule has 0 atom stereocenters. The van der Waals surface area contributed by atoms with Gasteiger partial charge in [-0.05, 0) is 24.1 Å². The second-order valence-electron chi connectivity index (χ2n) is 6.35. The maximum atomic E-state index is 12.5. The van der Waals surface area contributed by atoms with Gasteiger partial charge in [-0.25, -0.2) is 4.98 Å². The normalized spacial score (nSPS) is 14.3. The second kappa shape index (κ2) is 8.96. The van der Waals surface area contributed by atoms with Crippen LogP contribution in [0.1, 0.15) is 27.5 Å². The van der Waals surface area contributed by atoms with Crippen LogP contribution in [0.2, 0.25) is 0 Å². The Morgan fingerprint density at radius 1 is 1.15 bits per heavy atom. The van der Waals surface area contributed by atoms with Gasteiger partial charge in [0, 0.05) is 44.5 Å². The summed E-state index contributed by atoms with van der Waals surface area (Å²) in [5.41, 5.74) is 7.10. The summed E-state index contributed by atoms with van der Waals surface area (Å²) in [6.07, 6.45) is 1.16. The molecule has 3 rings (SSSR count). The summed E-state index contributed by atoms with van der Waals surface area (Å²) in [6, 6.07) is 7.76. The maximum absolute atomic E-state index is 12.5. The molecule has 2 N–H and O–H groups in total. The first-order valence-electron chi connectivity index (χ1n) is 8.95. The molecule has 0 saturated carbocycles. The third kappa shape index (κ3) is 4.84. The Bertz CT molecular complexity index is 783. The van der Waals surface area contributed by atoms with Crippen LogP contribution in [0.25, 0.3) is 0 Å². The molecule has 1 aliphatic heterocycles. The quantitative estimate of drug-likeness (QED) is 0.811. The third-order valence-electron chi connectivity index (χ3n) is 4.65. The average molecular weight is 388 g/mol. The van der Waals surface area contributed by atoms with Crippen LogP contribution in [0.15, 0.2) is 29.6 Å². The number of hydrogen-bond donors (Lipinski definition) is 1. The van der Waals surface area contributed by atoms with E-state index in [0.29, 0.717) is 51.3 Å². The fourth-order valence-electron chi connectivity index (χ4n) is 3.03. The van der Waals surface area contributed by atoms with E-state index in [-0.39, 0.29) is 11.8 Å². The number of aromatic nitrogens is 1. The van der Waals surface area contributed by atoms with Crippen LogP contribution in [0.5, 0.6) is 5.75 Å².